The van der Waals surface area contributed by atoms with E-state index in [1.807, 2.05) is 54.6 Å². The van der Waals surface area contributed by atoms with Gasteiger partial charge in [0.15, 0.2) is 0 Å². The van der Waals surface area contributed by atoms with Crippen LogP contribution in [-0.2, 0) is 14.8 Å². The van der Waals surface area contributed by atoms with Crippen LogP contribution in [0, 0.1) is 0 Å². The normalized spacial score (nSPS) is 12.1. The summed E-state index contributed by atoms with van der Waals surface area (Å²) >= 11 is 0. The third-order valence-electron chi connectivity index (χ3n) is 4.54. The fraction of sp³-hybridized carbons (Fsp3) is 0.318. The number of para-hydroxylation sites is 1. The summed E-state index contributed by atoms with van der Waals surface area (Å²) in [5, 5.41) is 2.89. The van der Waals surface area contributed by atoms with Crippen LogP contribution in [0.2, 0.25) is 0 Å². The number of benzene rings is 2. The Morgan fingerprint density at radius 1 is 1.10 bits per heavy atom. The first-order valence-corrected chi connectivity index (χ1v) is 11.1. The maximum absolute atomic E-state index is 12.9. The van der Waals surface area contributed by atoms with E-state index in [9.17, 15) is 13.2 Å². The van der Waals surface area contributed by atoms with Crippen molar-refractivity contribution in [1.82, 2.24) is 9.62 Å². The van der Waals surface area contributed by atoms with Crippen LogP contribution >= 0.6 is 0 Å². The lowest BCUT2D eigenvalue weighted by Crippen LogP contribution is -2.32. The highest BCUT2D eigenvalue weighted by molar-refractivity contribution is 7.89. The Hall–Kier alpha value is -2.64. The van der Waals surface area contributed by atoms with Gasteiger partial charge in [0.25, 0.3) is 5.91 Å². The average molecular weight is 417 g/mol. The Morgan fingerprint density at radius 3 is 2.41 bits per heavy atom. The molecule has 6 nitrogen and oxygen atoms in total. The largest absolute Gasteiger partial charge is 0.496 e. The highest BCUT2D eigenvalue weighted by atomic mass is 32.2. The number of sulfonamides is 1. The van der Waals surface area contributed by atoms with E-state index in [1.165, 1.54) is 4.31 Å². The van der Waals surface area contributed by atoms with E-state index < -0.39 is 10.0 Å². The van der Waals surface area contributed by atoms with Gasteiger partial charge in [0.2, 0.25) is 10.0 Å². The molecule has 0 saturated carbocycles. The second-order valence-electron chi connectivity index (χ2n) is 6.50. The van der Waals surface area contributed by atoms with E-state index in [0.717, 1.165) is 11.1 Å². The standard InChI is InChI=1S/C22H28N2O4S/c1-4-29(26,27)24(2)16-10-15-23-22(25)20(18-11-6-5-7-12-18)17-19-13-8-9-14-21(19)28-3/h5-9,11-14,17H,4,10,15-16H2,1-3H3,(H,23,25)/b20-17+. The zero-order valence-corrected chi connectivity index (χ0v) is 17.9. The molecule has 0 aliphatic carbocycles. The molecule has 156 valence electrons. The smallest absolute Gasteiger partial charge is 0.251 e. The number of ether oxygens (including phenoxy) is 1. The number of rotatable bonds is 10. The highest BCUT2D eigenvalue weighted by Gasteiger charge is 2.16. The zero-order chi connectivity index (χ0) is 21.3. The van der Waals surface area contributed by atoms with Gasteiger partial charge in [-0.05, 0) is 31.1 Å². The van der Waals surface area contributed by atoms with Crippen LogP contribution in [0.15, 0.2) is 54.6 Å². The van der Waals surface area contributed by atoms with E-state index >= 15 is 0 Å². The number of nitrogens with zero attached hydrogens (tertiary/aromatic N) is 1. The Kier molecular flexibility index (Phi) is 8.42. The molecule has 0 bridgehead atoms. The second kappa shape index (κ2) is 10.8. The monoisotopic (exact) mass is 416 g/mol. The number of amides is 1. The number of carbonyl (C=O) groups excluding carboxylic acids is 1. The first-order chi connectivity index (χ1) is 13.9. The predicted octanol–water partition coefficient (Wildman–Crippen LogP) is 3.02. The second-order valence-corrected chi connectivity index (χ2v) is 8.86. The quantitative estimate of drug-likeness (QED) is 0.367. The summed E-state index contributed by atoms with van der Waals surface area (Å²) in [6.07, 6.45) is 2.33. The molecular weight excluding hydrogens is 388 g/mol. The van der Waals surface area contributed by atoms with E-state index in [4.69, 9.17) is 4.74 Å². The third kappa shape index (κ3) is 6.44. The molecule has 7 heteroatoms. The van der Waals surface area contributed by atoms with Crippen LogP contribution in [-0.4, -0.2) is 51.6 Å². The van der Waals surface area contributed by atoms with E-state index in [1.54, 1.807) is 27.2 Å². The Balaban J connectivity index is 2.14. The van der Waals surface area contributed by atoms with Gasteiger partial charge in [-0.15, -0.1) is 0 Å². The molecule has 0 aliphatic heterocycles. The molecular formula is C22H28N2O4S. The summed E-state index contributed by atoms with van der Waals surface area (Å²) in [6.45, 7) is 2.34. The Morgan fingerprint density at radius 2 is 1.76 bits per heavy atom. The van der Waals surface area contributed by atoms with Crippen molar-refractivity contribution in [2.45, 2.75) is 13.3 Å². The minimum atomic E-state index is -3.21. The van der Waals surface area contributed by atoms with Crippen molar-refractivity contribution >= 4 is 27.6 Å². The van der Waals surface area contributed by atoms with E-state index in [0.29, 0.717) is 30.8 Å². The van der Waals surface area contributed by atoms with Crippen LogP contribution in [0.5, 0.6) is 5.75 Å². The van der Waals surface area contributed by atoms with E-state index in [2.05, 4.69) is 5.32 Å². The summed E-state index contributed by atoms with van der Waals surface area (Å²) in [5.41, 5.74) is 2.11. The van der Waals surface area contributed by atoms with Crippen LogP contribution in [0.4, 0.5) is 0 Å². The third-order valence-corrected chi connectivity index (χ3v) is 6.41. The summed E-state index contributed by atoms with van der Waals surface area (Å²) in [7, 11) is -0.0650. The fourth-order valence-electron chi connectivity index (χ4n) is 2.80. The topological polar surface area (TPSA) is 75.7 Å². The minimum absolute atomic E-state index is 0.0651. The van der Waals surface area contributed by atoms with Gasteiger partial charge in [0.1, 0.15) is 5.75 Å². The van der Waals surface area contributed by atoms with E-state index in [-0.39, 0.29) is 11.7 Å². The van der Waals surface area contributed by atoms with Crippen molar-refractivity contribution in [1.29, 1.82) is 0 Å². The number of hydrogen-bond acceptors (Lipinski definition) is 4. The van der Waals surface area contributed by atoms with Gasteiger partial charge in [-0.3, -0.25) is 4.79 Å². The molecule has 1 amide bonds. The van der Waals surface area contributed by atoms with Gasteiger partial charge in [-0.25, -0.2) is 12.7 Å². The van der Waals surface area contributed by atoms with Crippen molar-refractivity contribution in [3.05, 3.63) is 65.7 Å². The molecule has 0 unspecified atom stereocenters. The molecule has 0 atom stereocenters. The van der Waals surface area contributed by atoms with Crippen molar-refractivity contribution in [3.63, 3.8) is 0 Å². The lowest BCUT2D eigenvalue weighted by Gasteiger charge is -2.16. The molecule has 0 spiro atoms. The van der Waals surface area contributed by atoms with Gasteiger partial charge in [0, 0.05) is 31.3 Å². The molecule has 2 aromatic carbocycles. The lowest BCUT2D eigenvalue weighted by molar-refractivity contribution is -0.115. The highest BCUT2D eigenvalue weighted by Crippen LogP contribution is 2.24. The maximum atomic E-state index is 12.9. The molecule has 0 radical (unpaired) electrons. The molecule has 0 aromatic heterocycles. The molecule has 2 aromatic rings. The first kappa shape index (κ1) is 22.6. The Bertz CT molecular complexity index is 940. The minimum Gasteiger partial charge on any atom is -0.496 e. The van der Waals surface area contributed by atoms with Crippen molar-refractivity contribution in [2.24, 2.45) is 0 Å². The molecule has 0 aliphatic rings. The van der Waals surface area contributed by atoms with Gasteiger partial charge in [0.05, 0.1) is 12.9 Å². The zero-order valence-electron chi connectivity index (χ0n) is 17.1. The van der Waals surface area contributed by atoms with Crippen molar-refractivity contribution in [3.8, 4) is 5.75 Å². The van der Waals surface area contributed by atoms with Crippen LogP contribution in [0.1, 0.15) is 24.5 Å². The van der Waals surface area contributed by atoms with Crippen LogP contribution in [0.25, 0.3) is 11.6 Å². The summed E-state index contributed by atoms with van der Waals surface area (Å²) < 4.78 is 30.3. The SMILES string of the molecule is CCS(=O)(=O)N(C)CCCNC(=O)/C(=C/c1ccccc1OC)c1ccccc1. The van der Waals surface area contributed by atoms with Gasteiger partial charge >= 0.3 is 0 Å². The van der Waals surface area contributed by atoms with Gasteiger partial charge < -0.3 is 10.1 Å². The number of nitrogens with one attached hydrogen (secondary N) is 1. The van der Waals surface area contributed by atoms with Crippen molar-refractivity contribution < 1.29 is 17.9 Å². The first-order valence-electron chi connectivity index (χ1n) is 9.51. The predicted molar refractivity (Wildman–Crippen MR) is 117 cm³/mol. The molecule has 1 N–H and O–H groups in total. The number of carbonyl (C=O) groups is 1. The molecule has 2 rings (SSSR count). The lowest BCUT2D eigenvalue weighted by atomic mass is 10.0. The average Bonchev–Trinajstić information content (AvgIpc) is 2.75. The summed E-state index contributed by atoms with van der Waals surface area (Å²) in [6, 6.07) is 16.9. The molecule has 0 fully saturated rings. The molecule has 29 heavy (non-hydrogen) atoms. The molecule has 0 heterocycles. The Labute approximate surface area is 173 Å². The number of methoxy groups -OCH3 is 1. The summed E-state index contributed by atoms with van der Waals surface area (Å²) in [5.74, 6) is 0.526. The van der Waals surface area contributed by atoms with Crippen LogP contribution < -0.4 is 10.1 Å². The van der Waals surface area contributed by atoms with Crippen molar-refractivity contribution in [2.75, 3.05) is 33.0 Å². The van der Waals surface area contributed by atoms with Gasteiger partial charge in [-0.1, -0.05) is 48.5 Å². The molecule has 0 saturated heterocycles. The summed E-state index contributed by atoms with van der Waals surface area (Å²) in [4.78, 5) is 12.9. The van der Waals surface area contributed by atoms with Crippen LogP contribution in [0.3, 0.4) is 0 Å². The maximum Gasteiger partial charge on any atom is 0.251 e. The van der Waals surface area contributed by atoms with Gasteiger partial charge in [-0.2, -0.15) is 0 Å². The fourth-order valence-corrected chi connectivity index (χ4v) is 3.65. The number of hydrogen-bond donors (Lipinski definition) is 1.